The Morgan fingerprint density at radius 2 is 1.76 bits per heavy atom. The van der Waals surface area contributed by atoms with Crippen LogP contribution in [0.2, 0.25) is 0 Å². The highest BCUT2D eigenvalue weighted by Crippen LogP contribution is 2.23. The lowest BCUT2D eigenvalue weighted by atomic mass is 9.95. The largest absolute Gasteiger partial charge is 0.352 e. The molecule has 21 heavy (non-hydrogen) atoms. The van der Waals surface area contributed by atoms with Gasteiger partial charge in [-0.2, -0.15) is 0 Å². The molecule has 3 heteroatoms. The minimum Gasteiger partial charge on any atom is -0.352 e. The van der Waals surface area contributed by atoms with E-state index < -0.39 is 0 Å². The highest BCUT2D eigenvalue weighted by molar-refractivity contribution is 5.27. The molecule has 0 aliphatic rings. The van der Waals surface area contributed by atoms with E-state index in [2.05, 4.69) is 50.7 Å². The smallest absolute Gasteiger partial charge is 0.123 e. The van der Waals surface area contributed by atoms with Crippen molar-refractivity contribution in [1.29, 1.82) is 0 Å². The van der Waals surface area contributed by atoms with E-state index in [1.807, 2.05) is 12.1 Å². The van der Waals surface area contributed by atoms with Gasteiger partial charge in [0, 0.05) is 31.0 Å². The van der Waals surface area contributed by atoms with Crippen molar-refractivity contribution in [2.45, 2.75) is 40.3 Å². The van der Waals surface area contributed by atoms with Crippen LogP contribution in [0.1, 0.15) is 42.4 Å². The fourth-order valence-electron chi connectivity index (χ4n) is 2.74. The zero-order valence-corrected chi connectivity index (χ0v) is 13.6. The summed E-state index contributed by atoms with van der Waals surface area (Å²) in [6, 6.07) is 9.26. The van der Waals surface area contributed by atoms with E-state index in [0.717, 1.165) is 12.1 Å². The zero-order chi connectivity index (χ0) is 15.6. The summed E-state index contributed by atoms with van der Waals surface area (Å²) >= 11 is 0. The Morgan fingerprint density at radius 3 is 2.24 bits per heavy atom. The summed E-state index contributed by atoms with van der Waals surface area (Å²) in [7, 11) is 2.09. The number of rotatable bonds is 5. The lowest BCUT2D eigenvalue weighted by Crippen LogP contribution is -2.25. The average molecular weight is 288 g/mol. The molecule has 0 aliphatic heterocycles. The van der Waals surface area contributed by atoms with E-state index >= 15 is 0 Å². The van der Waals surface area contributed by atoms with Crippen LogP contribution in [0.3, 0.4) is 0 Å². The fourth-order valence-corrected chi connectivity index (χ4v) is 2.74. The lowest BCUT2D eigenvalue weighted by molar-refractivity contribution is 0.409. The minimum absolute atomic E-state index is 0.184. The van der Waals surface area contributed by atoms with Gasteiger partial charge in [0.15, 0.2) is 0 Å². The lowest BCUT2D eigenvalue weighted by Gasteiger charge is -2.23. The Balaban J connectivity index is 2.13. The summed E-state index contributed by atoms with van der Waals surface area (Å²) in [6.45, 7) is 9.46. The second kappa shape index (κ2) is 6.44. The second-order valence-corrected chi connectivity index (χ2v) is 6.11. The molecule has 0 aliphatic carbocycles. The molecule has 114 valence electrons. The number of aryl methyl sites for hydroxylation is 1. The Labute approximate surface area is 127 Å². The monoisotopic (exact) mass is 288 g/mol. The molecular weight excluding hydrogens is 263 g/mol. The molecule has 1 unspecified atom stereocenters. The quantitative estimate of drug-likeness (QED) is 0.869. The van der Waals surface area contributed by atoms with Gasteiger partial charge >= 0.3 is 0 Å². The maximum absolute atomic E-state index is 13.1. The van der Waals surface area contributed by atoms with Gasteiger partial charge in [-0.25, -0.2) is 4.39 Å². The third-order valence-electron chi connectivity index (χ3n) is 4.29. The molecule has 0 spiro atoms. The molecule has 0 bridgehead atoms. The van der Waals surface area contributed by atoms with E-state index in [-0.39, 0.29) is 11.9 Å². The predicted octanol–water partition coefficient (Wildman–Crippen LogP) is 4.27. The second-order valence-electron chi connectivity index (χ2n) is 6.11. The summed E-state index contributed by atoms with van der Waals surface area (Å²) in [6.07, 6.45) is 0. The van der Waals surface area contributed by atoms with E-state index in [1.54, 1.807) is 0 Å². The molecule has 0 fully saturated rings. The van der Waals surface area contributed by atoms with Crippen molar-refractivity contribution in [1.82, 2.24) is 9.88 Å². The van der Waals surface area contributed by atoms with Crippen LogP contribution < -0.4 is 5.32 Å². The average Bonchev–Trinajstić information content (AvgIpc) is 2.68. The van der Waals surface area contributed by atoms with Gasteiger partial charge < -0.3 is 9.88 Å². The molecule has 0 saturated carbocycles. The minimum atomic E-state index is -0.184. The molecule has 2 rings (SSSR count). The Kier molecular flexibility index (Phi) is 4.84. The number of aromatic nitrogens is 1. The van der Waals surface area contributed by atoms with Crippen molar-refractivity contribution in [3.05, 3.63) is 58.7 Å². The van der Waals surface area contributed by atoms with Crippen LogP contribution >= 0.6 is 0 Å². The standard InChI is InChI=1S/C18H25FN2/c1-12(2)18(15-6-8-17(19)9-7-15)20-11-16-10-13(3)21(5)14(16)4/h6-10,12,18,20H,11H2,1-5H3. The molecule has 0 radical (unpaired) electrons. The summed E-state index contributed by atoms with van der Waals surface area (Å²) in [5.74, 6) is 0.261. The fraction of sp³-hybridized carbons (Fsp3) is 0.444. The van der Waals surface area contributed by atoms with Gasteiger partial charge in [0.1, 0.15) is 5.82 Å². The Morgan fingerprint density at radius 1 is 1.14 bits per heavy atom. The molecular formula is C18H25FN2. The van der Waals surface area contributed by atoms with Crippen molar-refractivity contribution in [3.63, 3.8) is 0 Å². The van der Waals surface area contributed by atoms with Crippen molar-refractivity contribution in [2.75, 3.05) is 0 Å². The van der Waals surface area contributed by atoms with Gasteiger partial charge in [-0.05, 0) is 49.1 Å². The van der Waals surface area contributed by atoms with Crippen LogP contribution in [0.15, 0.2) is 30.3 Å². The van der Waals surface area contributed by atoms with Crippen LogP contribution in [-0.2, 0) is 13.6 Å². The highest BCUT2D eigenvalue weighted by Gasteiger charge is 2.16. The molecule has 1 atom stereocenters. The third kappa shape index (κ3) is 3.53. The van der Waals surface area contributed by atoms with Gasteiger partial charge in [-0.15, -0.1) is 0 Å². The van der Waals surface area contributed by atoms with Gasteiger partial charge in [0.05, 0.1) is 0 Å². The number of benzene rings is 1. The molecule has 2 aromatic rings. The van der Waals surface area contributed by atoms with E-state index in [9.17, 15) is 4.39 Å². The Bertz CT molecular complexity index is 596. The first-order valence-electron chi connectivity index (χ1n) is 7.50. The first kappa shape index (κ1) is 15.8. The summed E-state index contributed by atoms with van der Waals surface area (Å²) < 4.78 is 15.3. The van der Waals surface area contributed by atoms with Crippen molar-refractivity contribution >= 4 is 0 Å². The van der Waals surface area contributed by atoms with Crippen LogP contribution in [0, 0.1) is 25.6 Å². The first-order valence-corrected chi connectivity index (χ1v) is 7.50. The number of halogens is 1. The van der Waals surface area contributed by atoms with Gasteiger partial charge in [-0.1, -0.05) is 26.0 Å². The summed E-state index contributed by atoms with van der Waals surface area (Å²) in [5, 5.41) is 3.62. The maximum Gasteiger partial charge on any atom is 0.123 e. The molecule has 1 heterocycles. The van der Waals surface area contributed by atoms with Crippen LogP contribution in [0.4, 0.5) is 4.39 Å². The van der Waals surface area contributed by atoms with Crippen LogP contribution in [-0.4, -0.2) is 4.57 Å². The number of hydrogen-bond acceptors (Lipinski definition) is 1. The van der Waals surface area contributed by atoms with E-state index in [0.29, 0.717) is 5.92 Å². The SMILES string of the molecule is Cc1cc(CNC(c2ccc(F)cc2)C(C)C)c(C)n1C. The van der Waals surface area contributed by atoms with Gasteiger partial charge in [-0.3, -0.25) is 0 Å². The van der Waals surface area contributed by atoms with Crippen molar-refractivity contribution in [3.8, 4) is 0 Å². The maximum atomic E-state index is 13.1. The topological polar surface area (TPSA) is 17.0 Å². The normalized spacial score (nSPS) is 12.9. The van der Waals surface area contributed by atoms with Crippen LogP contribution in [0.5, 0.6) is 0 Å². The zero-order valence-electron chi connectivity index (χ0n) is 13.6. The van der Waals surface area contributed by atoms with E-state index in [1.165, 1.54) is 29.1 Å². The number of hydrogen-bond donors (Lipinski definition) is 1. The van der Waals surface area contributed by atoms with Crippen LogP contribution in [0.25, 0.3) is 0 Å². The molecule has 1 N–H and O–H groups in total. The Hall–Kier alpha value is -1.61. The number of nitrogens with one attached hydrogen (secondary N) is 1. The molecule has 1 aromatic heterocycles. The van der Waals surface area contributed by atoms with Gasteiger partial charge in [0.2, 0.25) is 0 Å². The molecule has 2 nitrogen and oxygen atoms in total. The predicted molar refractivity (Wildman–Crippen MR) is 85.7 cm³/mol. The molecule has 0 saturated heterocycles. The van der Waals surface area contributed by atoms with Gasteiger partial charge in [0.25, 0.3) is 0 Å². The first-order chi connectivity index (χ1) is 9.90. The highest BCUT2D eigenvalue weighted by atomic mass is 19.1. The van der Waals surface area contributed by atoms with E-state index in [4.69, 9.17) is 0 Å². The molecule has 0 amide bonds. The summed E-state index contributed by atoms with van der Waals surface area (Å²) in [4.78, 5) is 0. The van der Waals surface area contributed by atoms with Crippen molar-refractivity contribution < 1.29 is 4.39 Å². The third-order valence-corrected chi connectivity index (χ3v) is 4.29. The number of nitrogens with zero attached hydrogens (tertiary/aromatic N) is 1. The van der Waals surface area contributed by atoms with Crippen molar-refractivity contribution in [2.24, 2.45) is 13.0 Å². The summed E-state index contributed by atoms with van der Waals surface area (Å²) in [5.41, 5.74) is 5.02. The molecule has 1 aromatic carbocycles.